The lowest BCUT2D eigenvalue weighted by Gasteiger charge is -2.32. The summed E-state index contributed by atoms with van der Waals surface area (Å²) in [6.07, 6.45) is 3.39. The number of hydrogen-bond acceptors (Lipinski definition) is 2. The molecule has 17 heavy (non-hydrogen) atoms. The van der Waals surface area contributed by atoms with Gasteiger partial charge in [-0.25, -0.2) is 4.39 Å². The van der Waals surface area contributed by atoms with Crippen LogP contribution < -0.4 is 10.5 Å². The van der Waals surface area contributed by atoms with Crippen LogP contribution in [-0.4, -0.2) is 6.10 Å². The third kappa shape index (κ3) is 2.90. The van der Waals surface area contributed by atoms with Gasteiger partial charge in [-0.15, -0.1) is 0 Å². The molecule has 3 atom stereocenters. The maximum atomic E-state index is 13.1. The lowest BCUT2D eigenvalue weighted by Crippen LogP contribution is -2.29. The highest BCUT2D eigenvalue weighted by Gasteiger charge is 2.26. The Bertz CT molecular complexity index is 394. The van der Waals surface area contributed by atoms with E-state index in [1.807, 2.05) is 0 Å². The molecule has 0 bridgehead atoms. The number of hydrogen-bond donors (Lipinski definition) is 1. The summed E-state index contributed by atoms with van der Waals surface area (Å²) in [7, 11) is 0. The van der Waals surface area contributed by atoms with E-state index in [1.165, 1.54) is 18.6 Å². The number of halogens is 1. The molecular weight excluding hydrogens is 217 g/mol. The molecule has 0 aromatic heterocycles. The molecule has 0 spiro atoms. The molecule has 0 radical (unpaired) electrons. The summed E-state index contributed by atoms with van der Waals surface area (Å²) in [6.45, 7) is 4.52. The molecule has 1 fully saturated rings. The zero-order valence-electron chi connectivity index (χ0n) is 10.4. The normalized spacial score (nSPS) is 29.0. The first-order valence-corrected chi connectivity index (χ1v) is 6.28. The molecular formula is C14H20FNO. The number of nitrogen functional groups attached to an aromatic ring is 1. The van der Waals surface area contributed by atoms with Crippen molar-refractivity contribution in [2.24, 2.45) is 11.8 Å². The van der Waals surface area contributed by atoms with E-state index >= 15 is 0 Å². The highest BCUT2D eigenvalue weighted by molar-refractivity contribution is 5.52. The fourth-order valence-corrected chi connectivity index (χ4v) is 2.39. The summed E-state index contributed by atoms with van der Waals surface area (Å²) in [6, 6.07) is 4.28. The Labute approximate surface area is 102 Å². The fourth-order valence-electron chi connectivity index (χ4n) is 2.39. The van der Waals surface area contributed by atoms with Gasteiger partial charge in [-0.3, -0.25) is 0 Å². The monoisotopic (exact) mass is 237 g/mol. The van der Waals surface area contributed by atoms with E-state index in [2.05, 4.69) is 13.8 Å². The van der Waals surface area contributed by atoms with Crippen molar-refractivity contribution in [1.29, 1.82) is 0 Å². The van der Waals surface area contributed by atoms with Gasteiger partial charge >= 0.3 is 0 Å². The van der Waals surface area contributed by atoms with Crippen molar-refractivity contribution in [2.75, 3.05) is 5.73 Å². The van der Waals surface area contributed by atoms with Crippen molar-refractivity contribution in [3.05, 3.63) is 24.0 Å². The summed E-state index contributed by atoms with van der Waals surface area (Å²) in [4.78, 5) is 0. The van der Waals surface area contributed by atoms with Crippen LogP contribution in [0.2, 0.25) is 0 Å². The van der Waals surface area contributed by atoms with Crippen molar-refractivity contribution in [3.8, 4) is 5.75 Å². The van der Waals surface area contributed by atoms with Crippen molar-refractivity contribution >= 4 is 5.69 Å². The molecule has 0 amide bonds. The number of nitrogens with two attached hydrogens (primary N) is 1. The molecule has 3 unspecified atom stereocenters. The molecule has 0 saturated heterocycles. The van der Waals surface area contributed by atoms with Gasteiger partial charge in [0.1, 0.15) is 11.6 Å². The minimum atomic E-state index is -0.300. The van der Waals surface area contributed by atoms with Gasteiger partial charge in [0, 0.05) is 6.07 Å². The molecule has 2 N–H and O–H groups in total. The molecule has 2 nitrogen and oxygen atoms in total. The van der Waals surface area contributed by atoms with Gasteiger partial charge in [-0.2, -0.15) is 0 Å². The second-order valence-corrected chi connectivity index (χ2v) is 5.19. The Morgan fingerprint density at radius 3 is 2.71 bits per heavy atom. The molecule has 94 valence electrons. The van der Waals surface area contributed by atoms with Crippen molar-refractivity contribution in [1.82, 2.24) is 0 Å². The summed E-state index contributed by atoms with van der Waals surface area (Å²) in [5, 5.41) is 0. The first-order chi connectivity index (χ1) is 8.06. The minimum Gasteiger partial charge on any atom is -0.488 e. The number of ether oxygens (including phenoxy) is 1. The Hall–Kier alpha value is -1.25. The van der Waals surface area contributed by atoms with E-state index in [4.69, 9.17) is 10.5 Å². The van der Waals surface area contributed by atoms with Gasteiger partial charge < -0.3 is 10.5 Å². The molecule has 1 aliphatic rings. The number of anilines is 1. The average molecular weight is 237 g/mol. The largest absolute Gasteiger partial charge is 0.488 e. The van der Waals surface area contributed by atoms with E-state index in [0.717, 1.165) is 18.8 Å². The quantitative estimate of drug-likeness (QED) is 0.797. The van der Waals surface area contributed by atoms with Gasteiger partial charge in [-0.1, -0.05) is 13.8 Å². The number of rotatable bonds is 2. The molecule has 2 rings (SSSR count). The van der Waals surface area contributed by atoms with E-state index in [0.29, 0.717) is 17.4 Å². The molecule has 1 saturated carbocycles. The Kier molecular flexibility index (Phi) is 3.55. The molecule has 0 aliphatic heterocycles. The predicted molar refractivity (Wildman–Crippen MR) is 67.4 cm³/mol. The van der Waals surface area contributed by atoms with E-state index < -0.39 is 0 Å². The van der Waals surface area contributed by atoms with Crippen LogP contribution in [0.15, 0.2) is 18.2 Å². The fraction of sp³-hybridized carbons (Fsp3) is 0.571. The topological polar surface area (TPSA) is 35.2 Å². The highest BCUT2D eigenvalue weighted by atomic mass is 19.1. The second kappa shape index (κ2) is 4.94. The van der Waals surface area contributed by atoms with Gasteiger partial charge in [0.05, 0.1) is 11.8 Å². The van der Waals surface area contributed by atoms with E-state index in [-0.39, 0.29) is 11.9 Å². The van der Waals surface area contributed by atoms with Crippen LogP contribution in [-0.2, 0) is 0 Å². The summed E-state index contributed by atoms with van der Waals surface area (Å²) in [5.74, 6) is 1.59. The van der Waals surface area contributed by atoms with Crippen molar-refractivity contribution < 1.29 is 9.13 Å². The summed E-state index contributed by atoms with van der Waals surface area (Å²) in [5.41, 5.74) is 6.29. The van der Waals surface area contributed by atoms with Gasteiger partial charge in [-0.05, 0) is 43.2 Å². The van der Waals surface area contributed by atoms with Crippen LogP contribution in [0.1, 0.15) is 33.1 Å². The number of benzene rings is 1. The lowest BCUT2D eigenvalue weighted by atomic mass is 9.80. The van der Waals surface area contributed by atoms with E-state index in [9.17, 15) is 4.39 Å². The van der Waals surface area contributed by atoms with Crippen LogP contribution in [0.25, 0.3) is 0 Å². The van der Waals surface area contributed by atoms with Crippen molar-refractivity contribution in [2.45, 2.75) is 39.2 Å². The molecule has 0 heterocycles. The Morgan fingerprint density at radius 1 is 1.24 bits per heavy atom. The third-order valence-corrected chi connectivity index (χ3v) is 3.82. The SMILES string of the molecule is CC1CCC(Oc2cc(F)ccc2N)CC1C. The second-order valence-electron chi connectivity index (χ2n) is 5.19. The van der Waals surface area contributed by atoms with Gasteiger partial charge in [0.15, 0.2) is 0 Å². The first-order valence-electron chi connectivity index (χ1n) is 6.28. The maximum absolute atomic E-state index is 13.1. The standard InChI is InChI=1S/C14H20FNO/c1-9-3-5-12(7-10(9)2)17-14-8-11(15)4-6-13(14)16/h4,6,8-10,12H,3,5,7,16H2,1-2H3. The zero-order valence-corrected chi connectivity index (χ0v) is 10.4. The lowest BCUT2D eigenvalue weighted by molar-refractivity contribution is 0.101. The smallest absolute Gasteiger partial charge is 0.145 e. The first kappa shape index (κ1) is 12.2. The Balaban J connectivity index is 2.03. The van der Waals surface area contributed by atoms with Crippen LogP contribution in [0.4, 0.5) is 10.1 Å². The molecule has 1 aromatic rings. The summed E-state index contributed by atoms with van der Waals surface area (Å²) < 4.78 is 18.9. The van der Waals surface area contributed by atoms with Gasteiger partial charge in [0.25, 0.3) is 0 Å². The van der Waals surface area contributed by atoms with Crippen LogP contribution in [0.5, 0.6) is 5.75 Å². The average Bonchev–Trinajstić information content (AvgIpc) is 2.29. The third-order valence-electron chi connectivity index (χ3n) is 3.82. The molecule has 1 aliphatic carbocycles. The summed E-state index contributed by atoms with van der Waals surface area (Å²) >= 11 is 0. The van der Waals surface area contributed by atoms with Crippen LogP contribution >= 0.6 is 0 Å². The van der Waals surface area contributed by atoms with Gasteiger partial charge in [0.2, 0.25) is 0 Å². The highest BCUT2D eigenvalue weighted by Crippen LogP contribution is 2.33. The van der Waals surface area contributed by atoms with E-state index in [1.54, 1.807) is 6.07 Å². The predicted octanol–water partition coefficient (Wildman–Crippen LogP) is 3.61. The molecule has 1 aromatic carbocycles. The van der Waals surface area contributed by atoms with Crippen LogP contribution in [0.3, 0.4) is 0 Å². The van der Waals surface area contributed by atoms with Crippen LogP contribution in [0, 0.1) is 17.7 Å². The minimum absolute atomic E-state index is 0.172. The van der Waals surface area contributed by atoms with Crippen molar-refractivity contribution in [3.63, 3.8) is 0 Å². The zero-order chi connectivity index (χ0) is 12.4. The molecule has 3 heteroatoms. The maximum Gasteiger partial charge on any atom is 0.145 e. The Morgan fingerprint density at radius 2 is 2.00 bits per heavy atom.